The minimum absolute atomic E-state index is 0.0644. The Balaban J connectivity index is 1.10. The number of likely N-dealkylation sites (tertiary alicyclic amines) is 2. The first kappa shape index (κ1) is 33.4. The summed E-state index contributed by atoms with van der Waals surface area (Å²) < 4.78 is 2.19. The van der Waals surface area contributed by atoms with Crippen molar-refractivity contribution in [1.82, 2.24) is 29.7 Å². The molecule has 5 aliphatic rings. The fourth-order valence-electron chi connectivity index (χ4n) is 9.12. The number of halogens is 1. The zero-order valence-corrected chi connectivity index (χ0v) is 30.6. The standard InChI is InChI=1S/C40H45ClN8O3/c1-24(50)46-16-12-40(13-17-46)31-10-6-25(18-35(31)49(39(40)52)29-20-28(21-29)47-14-4-3-5-15-47)33-22-34-36(48(23-43-34)27-8-9-27)37(45-33)44-26-7-11-32(41)30(19-26)38(51)42-2/h6-7,10-11,18-19,22-23,27-29H,3-5,8-9,12-17,20-21H2,1-2H3,(H,42,51)(H,44,45). The smallest absolute Gasteiger partial charge is 0.252 e. The van der Waals surface area contributed by atoms with E-state index in [1.807, 2.05) is 23.4 Å². The number of rotatable bonds is 7. The Hall–Kier alpha value is -4.48. The second kappa shape index (κ2) is 12.9. The highest BCUT2D eigenvalue weighted by molar-refractivity contribution is 6.34. The number of nitrogens with zero attached hydrogens (tertiary/aromatic N) is 6. The molecule has 4 aromatic rings. The van der Waals surface area contributed by atoms with Gasteiger partial charge in [-0.1, -0.05) is 30.2 Å². The van der Waals surface area contributed by atoms with Gasteiger partial charge in [0.15, 0.2) is 5.82 Å². The van der Waals surface area contributed by atoms with E-state index in [1.165, 1.54) is 19.3 Å². The molecule has 2 saturated heterocycles. The second-order valence-corrected chi connectivity index (χ2v) is 15.8. The summed E-state index contributed by atoms with van der Waals surface area (Å²) in [6, 6.07) is 14.8. The topological polar surface area (TPSA) is 116 Å². The Morgan fingerprint density at radius 2 is 1.69 bits per heavy atom. The van der Waals surface area contributed by atoms with Crippen molar-refractivity contribution in [2.24, 2.45) is 0 Å². The van der Waals surface area contributed by atoms with Crippen molar-refractivity contribution in [2.75, 3.05) is 43.4 Å². The van der Waals surface area contributed by atoms with Crippen LogP contribution in [-0.4, -0.2) is 87.4 Å². The second-order valence-electron chi connectivity index (χ2n) is 15.4. The van der Waals surface area contributed by atoms with Crippen LogP contribution in [0.15, 0.2) is 48.8 Å². The molecule has 52 heavy (non-hydrogen) atoms. The summed E-state index contributed by atoms with van der Waals surface area (Å²) in [6.07, 6.45) is 11.1. The van der Waals surface area contributed by atoms with E-state index in [1.54, 1.807) is 26.1 Å². The molecule has 3 amide bonds. The normalized spacial score (nSPS) is 22.8. The maximum atomic E-state index is 14.7. The van der Waals surface area contributed by atoms with Crippen LogP contribution in [0.1, 0.15) is 86.7 Å². The van der Waals surface area contributed by atoms with Crippen molar-refractivity contribution in [3.63, 3.8) is 0 Å². The summed E-state index contributed by atoms with van der Waals surface area (Å²) >= 11 is 6.39. The molecular weight excluding hydrogens is 676 g/mol. The summed E-state index contributed by atoms with van der Waals surface area (Å²) in [5.74, 6) is 0.634. The number of benzene rings is 2. The zero-order valence-electron chi connectivity index (χ0n) is 29.8. The maximum absolute atomic E-state index is 14.7. The van der Waals surface area contributed by atoms with Gasteiger partial charge in [-0.05, 0) is 100 Å². The third-order valence-electron chi connectivity index (χ3n) is 12.3. The fraction of sp³-hybridized carbons (Fsp3) is 0.475. The highest BCUT2D eigenvalue weighted by Crippen LogP contribution is 2.52. The van der Waals surface area contributed by atoms with Crippen LogP contribution < -0.4 is 15.5 Å². The molecule has 2 saturated carbocycles. The number of amides is 3. The minimum Gasteiger partial charge on any atom is -0.355 e. The van der Waals surface area contributed by atoms with Crippen molar-refractivity contribution >= 4 is 57.5 Å². The average Bonchev–Trinajstić information content (AvgIpc) is 3.86. The molecule has 12 heteroatoms. The predicted octanol–water partition coefficient (Wildman–Crippen LogP) is 6.43. The largest absolute Gasteiger partial charge is 0.355 e. The lowest BCUT2D eigenvalue weighted by molar-refractivity contribution is -0.134. The third kappa shape index (κ3) is 5.55. The Labute approximate surface area is 308 Å². The van der Waals surface area contributed by atoms with Crippen molar-refractivity contribution in [3.8, 4) is 11.3 Å². The molecule has 0 atom stereocenters. The summed E-state index contributed by atoms with van der Waals surface area (Å²) in [4.78, 5) is 56.3. The number of hydrogen-bond donors (Lipinski definition) is 2. The minimum atomic E-state index is -0.625. The molecule has 2 aromatic heterocycles. The number of imidazole rings is 1. The van der Waals surface area contributed by atoms with E-state index in [-0.39, 0.29) is 23.8 Å². The summed E-state index contributed by atoms with van der Waals surface area (Å²) in [6.45, 7) is 5.09. The van der Waals surface area contributed by atoms with Crippen molar-refractivity contribution in [2.45, 2.75) is 88.3 Å². The molecule has 0 radical (unpaired) electrons. The van der Waals surface area contributed by atoms with Crippen LogP contribution in [0.2, 0.25) is 5.02 Å². The number of hydrogen-bond acceptors (Lipinski definition) is 7. The monoisotopic (exact) mass is 720 g/mol. The van der Waals surface area contributed by atoms with Crippen molar-refractivity contribution in [1.29, 1.82) is 0 Å². The van der Waals surface area contributed by atoms with Crippen molar-refractivity contribution < 1.29 is 14.4 Å². The summed E-state index contributed by atoms with van der Waals surface area (Å²) in [5.41, 5.74) is 5.89. The van der Waals surface area contributed by atoms with E-state index >= 15 is 0 Å². The predicted molar refractivity (Wildman–Crippen MR) is 202 cm³/mol. The zero-order chi connectivity index (χ0) is 35.7. The maximum Gasteiger partial charge on any atom is 0.252 e. The third-order valence-corrected chi connectivity index (χ3v) is 12.6. The molecule has 0 unspecified atom stereocenters. The number of nitrogens with one attached hydrogen (secondary N) is 2. The molecule has 2 N–H and O–H groups in total. The van der Waals surface area contributed by atoms with Crippen LogP contribution in [0.25, 0.3) is 22.3 Å². The molecule has 3 aliphatic heterocycles. The Kier molecular flexibility index (Phi) is 8.26. The molecule has 11 nitrogen and oxygen atoms in total. The number of anilines is 3. The lowest BCUT2D eigenvalue weighted by Crippen LogP contribution is -2.58. The lowest BCUT2D eigenvalue weighted by atomic mass is 9.73. The van der Waals surface area contributed by atoms with Gasteiger partial charge in [0, 0.05) is 62.1 Å². The van der Waals surface area contributed by atoms with Gasteiger partial charge in [-0.2, -0.15) is 0 Å². The number of carbonyl (C=O) groups is 3. The summed E-state index contributed by atoms with van der Waals surface area (Å²) in [7, 11) is 1.59. The van der Waals surface area contributed by atoms with Crippen molar-refractivity contribution in [3.05, 3.63) is 64.9 Å². The fourth-order valence-corrected chi connectivity index (χ4v) is 9.33. The van der Waals surface area contributed by atoms with E-state index in [9.17, 15) is 14.4 Å². The number of carbonyl (C=O) groups excluding carboxylic acids is 3. The van der Waals surface area contributed by atoms with E-state index in [2.05, 4.69) is 43.2 Å². The Morgan fingerprint density at radius 1 is 0.923 bits per heavy atom. The molecule has 2 aromatic carbocycles. The number of aromatic nitrogens is 3. The molecule has 270 valence electrons. The molecule has 0 bridgehead atoms. The first-order valence-corrected chi connectivity index (χ1v) is 19.3. The number of pyridine rings is 1. The van der Waals surface area contributed by atoms with Gasteiger partial charge in [-0.15, -0.1) is 0 Å². The molecular formula is C40H45ClN8O3. The summed E-state index contributed by atoms with van der Waals surface area (Å²) in [5, 5.41) is 6.54. The van der Waals surface area contributed by atoms with Gasteiger partial charge in [-0.3, -0.25) is 14.4 Å². The quantitative estimate of drug-likeness (QED) is 0.226. The number of piperidine rings is 2. The van der Waals surface area contributed by atoms with Crippen LogP contribution >= 0.6 is 11.6 Å². The van der Waals surface area contributed by atoms with Crippen LogP contribution in [0.3, 0.4) is 0 Å². The number of fused-ring (bicyclic) bond motifs is 3. The first-order chi connectivity index (χ1) is 25.2. The molecule has 2 aliphatic carbocycles. The first-order valence-electron chi connectivity index (χ1n) is 18.9. The van der Waals surface area contributed by atoms with Gasteiger partial charge in [0.2, 0.25) is 11.8 Å². The highest BCUT2D eigenvalue weighted by Gasteiger charge is 2.55. The van der Waals surface area contributed by atoms with E-state index in [4.69, 9.17) is 21.6 Å². The van der Waals surface area contributed by atoms with Gasteiger partial charge >= 0.3 is 0 Å². The van der Waals surface area contributed by atoms with Gasteiger partial charge in [-0.25, -0.2) is 9.97 Å². The Morgan fingerprint density at radius 3 is 2.40 bits per heavy atom. The van der Waals surface area contributed by atoms with Crippen LogP contribution in [0.5, 0.6) is 0 Å². The van der Waals surface area contributed by atoms with Gasteiger partial charge in [0.25, 0.3) is 5.91 Å². The molecule has 9 rings (SSSR count). The molecule has 5 heterocycles. The van der Waals surface area contributed by atoms with E-state index < -0.39 is 5.41 Å². The lowest BCUT2D eigenvalue weighted by Gasteiger charge is -2.48. The van der Waals surface area contributed by atoms with E-state index in [0.717, 1.165) is 72.3 Å². The van der Waals surface area contributed by atoms with Gasteiger partial charge in [0.1, 0.15) is 5.52 Å². The highest BCUT2D eigenvalue weighted by atomic mass is 35.5. The van der Waals surface area contributed by atoms with E-state index in [0.29, 0.717) is 60.1 Å². The van der Waals surface area contributed by atoms with Gasteiger partial charge in [0.05, 0.1) is 33.5 Å². The molecule has 4 fully saturated rings. The average molecular weight is 721 g/mol. The van der Waals surface area contributed by atoms with Crippen LogP contribution in [0, 0.1) is 0 Å². The molecule has 1 spiro atoms. The van der Waals surface area contributed by atoms with Crippen LogP contribution in [0.4, 0.5) is 17.2 Å². The SMILES string of the molecule is CNC(=O)c1cc(Nc2nc(-c3ccc4c(c3)N(C3CC(N5CCCCC5)C3)C(=O)C43CCN(C(C)=O)CC3)cc3ncn(C4CC4)c23)ccc1Cl. The van der Waals surface area contributed by atoms with Gasteiger partial charge < -0.3 is 29.9 Å². The van der Waals surface area contributed by atoms with Crippen LogP contribution in [-0.2, 0) is 15.0 Å². The Bertz CT molecular complexity index is 2090.